The van der Waals surface area contributed by atoms with Gasteiger partial charge in [-0.1, -0.05) is 6.07 Å². The van der Waals surface area contributed by atoms with Crippen LogP contribution in [0.4, 0.5) is 17.1 Å². The fourth-order valence-corrected chi connectivity index (χ4v) is 2.60. The topological polar surface area (TPSA) is 130 Å². The van der Waals surface area contributed by atoms with E-state index in [2.05, 4.69) is 20.8 Å². The van der Waals surface area contributed by atoms with Gasteiger partial charge in [-0.15, -0.1) is 0 Å². The average Bonchev–Trinajstić information content (AvgIpc) is 3.00. The van der Waals surface area contributed by atoms with Gasteiger partial charge in [0.2, 0.25) is 0 Å². The number of hydrogen-bond acceptors (Lipinski definition) is 5. The van der Waals surface area contributed by atoms with Crippen LogP contribution in [0.15, 0.2) is 48.5 Å². The van der Waals surface area contributed by atoms with Gasteiger partial charge in [0.15, 0.2) is 0 Å². The second-order valence-electron chi connectivity index (χ2n) is 6.10. The van der Waals surface area contributed by atoms with Gasteiger partial charge in [0, 0.05) is 28.9 Å². The molecule has 3 N–H and O–H groups in total. The van der Waals surface area contributed by atoms with Gasteiger partial charge in [-0.3, -0.25) is 24.8 Å². The van der Waals surface area contributed by atoms with Crippen molar-refractivity contribution < 1.29 is 14.5 Å². The van der Waals surface area contributed by atoms with Gasteiger partial charge in [0.05, 0.1) is 22.0 Å². The molecule has 0 atom stereocenters. The molecule has 28 heavy (non-hydrogen) atoms. The summed E-state index contributed by atoms with van der Waals surface area (Å²) in [6.07, 6.45) is 0. The molecule has 3 rings (SSSR count). The van der Waals surface area contributed by atoms with Gasteiger partial charge in [-0.25, -0.2) is 0 Å². The molecule has 0 aliphatic carbocycles. The SMILES string of the molecule is Cc1n[nH]c(C)c1NC(=O)c1cccc(NC(=O)c2ccc([N+](=O)[O-])cc2)c1. The highest BCUT2D eigenvalue weighted by Crippen LogP contribution is 2.19. The average molecular weight is 379 g/mol. The maximum absolute atomic E-state index is 12.5. The number of rotatable bonds is 5. The molecule has 3 aromatic rings. The van der Waals surface area contributed by atoms with E-state index < -0.39 is 10.8 Å². The monoisotopic (exact) mass is 379 g/mol. The van der Waals surface area contributed by atoms with E-state index in [0.29, 0.717) is 22.6 Å². The molecule has 0 spiro atoms. The third-order valence-corrected chi connectivity index (χ3v) is 4.09. The molecule has 2 amide bonds. The van der Waals surface area contributed by atoms with Crippen molar-refractivity contribution in [3.8, 4) is 0 Å². The number of non-ortho nitro benzene ring substituents is 1. The molecule has 2 aromatic carbocycles. The number of carbonyl (C=O) groups excluding carboxylic acids is 2. The van der Waals surface area contributed by atoms with Crippen molar-refractivity contribution >= 4 is 28.9 Å². The summed E-state index contributed by atoms with van der Waals surface area (Å²) < 4.78 is 0. The molecular formula is C19H17N5O4. The predicted octanol–water partition coefficient (Wildman–Crippen LogP) is 3.44. The number of aromatic amines is 1. The second kappa shape index (κ2) is 7.70. The molecule has 9 heteroatoms. The summed E-state index contributed by atoms with van der Waals surface area (Å²) in [5, 5.41) is 23.0. The minimum atomic E-state index is -0.535. The van der Waals surface area contributed by atoms with Crippen LogP contribution in [0.5, 0.6) is 0 Å². The fourth-order valence-electron chi connectivity index (χ4n) is 2.60. The number of aryl methyl sites for hydroxylation is 2. The van der Waals surface area contributed by atoms with Crippen LogP contribution in [0.1, 0.15) is 32.1 Å². The number of benzene rings is 2. The van der Waals surface area contributed by atoms with Crippen molar-refractivity contribution in [1.29, 1.82) is 0 Å². The summed E-state index contributed by atoms with van der Waals surface area (Å²) in [6.45, 7) is 3.58. The third kappa shape index (κ3) is 4.04. The molecular weight excluding hydrogens is 362 g/mol. The smallest absolute Gasteiger partial charge is 0.269 e. The van der Waals surface area contributed by atoms with E-state index in [-0.39, 0.29) is 17.2 Å². The number of amides is 2. The fraction of sp³-hybridized carbons (Fsp3) is 0.105. The van der Waals surface area contributed by atoms with Gasteiger partial charge in [-0.05, 0) is 44.2 Å². The highest BCUT2D eigenvalue weighted by molar-refractivity contribution is 6.07. The van der Waals surface area contributed by atoms with Crippen LogP contribution in [-0.2, 0) is 0 Å². The van der Waals surface area contributed by atoms with Crippen molar-refractivity contribution in [2.24, 2.45) is 0 Å². The Hall–Kier alpha value is -4.01. The van der Waals surface area contributed by atoms with Crippen molar-refractivity contribution in [1.82, 2.24) is 10.2 Å². The lowest BCUT2D eigenvalue weighted by Crippen LogP contribution is -2.15. The van der Waals surface area contributed by atoms with Crippen LogP contribution in [-0.4, -0.2) is 26.9 Å². The van der Waals surface area contributed by atoms with Crippen molar-refractivity contribution in [3.63, 3.8) is 0 Å². The first-order valence-electron chi connectivity index (χ1n) is 8.34. The molecule has 0 fully saturated rings. The number of carbonyl (C=O) groups is 2. The molecule has 0 unspecified atom stereocenters. The minimum Gasteiger partial charge on any atom is -0.322 e. The van der Waals surface area contributed by atoms with E-state index in [4.69, 9.17) is 0 Å². The summed E-state index contributed by atoms with van der Waals surface area (Å²) in [7, 11) is 0. The maximum Gasteiger partial charge on any atom is 0.269 e. The van der Waals surface area contributed by atoms with E-state index >= 15 is 0 Å². The van der Waals surface area contributed by atoms with Crippen LogP contribution >= 0.6 is 0 Å². The number of nitrogens with zero attached hydrogens (tertiary/aromatic N) is 2. The predicted molar refractivity (Wildman–Crippen MR) is 104 cm³/mol. The van der Waals surface area contributed by atoms with Crippen LogP contribution < -0.4 is 10.6 Å². The lowest BCUT2D eigenvalue weighted by Gasteiger charge is -2.09. The number of nitro groups is 1. The Kier molecular flexibility index (Phi) is 5.16. The van der Waals surface area contributed by atoms with E-state index in [0.717, 1.165) is 5.69 Å². The Morgan fingerprint density at radius 1 is 1.00 bits per heavy atom. The zero-order valence-corrected chi connectivity index (χ0v) is 15.1. The highest BCUT2D eigenvalue weighted by atomic mass is 16.6. The quantitative estimate of drug-likeness (QED) is 0.462. The lowest BCUT2D eigenvalue weighted by molar-refractivity contribution is -0.384. The maximum atomic E-state index is 12.5. The molecule has 0 saturated carbocycles. The van der Waals surface area contributed by atoms with Gasteiger partial charge in [-0.2, -0.15) is 5.10 Å². The number of nitrogens with one attached hydrogen (secondary N) is 3. The Bertz CT molecular complexity index is 1040. The number of hydrogen-bond donors (Lipinski definition) is 3. The Labute approximate surface area is 159 Å². The van der Waals surface area contributed by atoms with Crippen molar-refractivity contribution in [3.05, 3.63) is 81.2 Å². The van der Waals surface area contributed by atoms with Gasteiger partial charge in [0.25, 0.3) is 17.5 Å². The van der Waals surface area contributed by atoms with Gasteiger partial charge < -0.3 is 10.6 Å². The van der Waals surface area contributed by atoms with Gasteiger partial charge >= 0.3 is 0 Å². The third-order valence-electron chi connectivity index (χ3n) is 4.09. The number of aromatic nitrogens is 2. The summed E-state index contributed by atoms with van der Waals surface area (Å²) >= 11 is 0. The molecule has 1 aromatic heterocycles. The van der Waals surface area contributed by atoms with E-state index in [9.17, 15) is 19.7 Å². The molecule has 142 valence electrons. The molecule has 0 radical (unpaired) electrons. The first kappa shape index (κ1) is 18.8. The zero-order chi connectivity index (χ0) is 20.3. The molecule has 0 aliphatic rings. The Morgan fingerprint density at radius 3 is 2.29 bits per heavy atom. The van der Waals surface area contributed by atoms with Crippen LogP contribution in [0, 0.1) is 24.0 Å². The summed E-state index contributed by atoms with van der Waals surface area (Å²) in [6, 6.07) is 11.7. The van der Waals surface area contributed by atoms with Crippen molar-refractivity contribution in [2.75, 3.05) is 10.6 Å². The molecule has 0 aliphatic heterocycles. The van der Waals surface area contributed by atoms with Crippen LogP contribution in [0.3, 0.4) is 0 Å². The molecule has 9 nitrogen and oxygen atoms in total. The van der Waals surface area contributed by atoms with E-state index in [1.807, 2.05) is 0 Å². The van der Waals surface area contributed by atoms with Crippen LogP contribution in [0.2, 0.25) is 0 Å². The molecule has 0 bridgehead atoms. The number of nitro benzene ring substituents is 1. The first-order valence-corrected chi connectivity index (χ1v) is 8.34. The largest absolute Gasteiger partial charge is 0.322 e. The van der Waals surface area contributed by atoms with Gasteiger partial charge in [0.1, 0.15) is 0 Å². The summed E-state index contributed by atoms with van der Waals surface area (Å²) in [4.78, 5) is 35.0. The molecule has 0 saturated heterocycles. The lowest BCUT2D eigenvalue weighted by atomic mass is 10.1. The number of anilines is 2. The van der Waals surface area contributed by atoms with Crippen molar-refractivity contribution in [2.45, 2.75) is 13.8 Å². The normalized spacial score (nSPS) is 10.4. The Morgan fingerprint density at radius 2 is 1.68 bits per heavy atom. The minimum absolute atomic E-state index is 0.0972. The molecule has 1 heterocycles. The summed E-state index contributed by atoms with van der Waals surface area (Å²) in [5.74, 6) is -0.770. The Balaban J connectivity index is 1.73. The zero-order valence-electron chi connectivity index (χ0n) is 15.1. The number of H-pyrrole nitrogens is 1. The van der Waals surface area contributed by atoms with E-state index in [1.54, 1.807) is 38.1 Å². The second-order valence-corrected chi connectivity index (χ2v) is 6.10. The first-order chi connectivity index (χ1) is 13.3. The van der Waals surface area contributed by atoms with Crippen LogP contribution in [0.25, 0.3) is 0 Å². The standard InChI is InChI=1S/C19H17N5O4/c1-11-17(12(2)23-22-11)21-19(26)14-4-3-5-15(10-14)20-18(25)13-6-8-16(9-7-13)24(27)28/h3-10H,1-2H3,(H,20,25)(H,21,26)(H,22,23). The van der Waals surface area contributed by atoms with E-state index in [1.165, 1.54) is 24.3 Å². The summed E-state index contributed by atoms with van der Waals surface area (Å²) in [5.41, 5.74) is 3.00. The highest BCUT2D eigenvalue weighted by Gasteiger charge is 2.14.